The first-order valence-corrected chi connectivity index (χ1v) is 9.30. The van der Waals surface area contributed by atoms with Crippen molar-refractivity contribution in [2.75, 3.05) is 7.11 Å². The van der Waals surface area contributed by atoms with Crippen molar-refractivity contribution < 1.29 is 9.53 Å². The number of benzene rings is 1. The summed E-state index contributed by atoms with van der Waals surface area (Å²) in [6, 6.07) is 11.9. The maximum atomic E-state index is 11.8. The lowest BCUT2D eigenvalue weighted by Crippen LogP contribution is -2.09. The molecular formula is C22H22N4O2. The Balaban J connectivity index is 1.93. The number of esters is 1. The lowest BCUT2D eigenvalue weighted by Gasteiger charge is -2.14. The molecule has 1 aliphatic heterocycles. The number of carbonyl (C=O) groups excluding carboxylic acids is 1. The number of ether oxygens (including phenoxy) is 1. The summed E-state index contributed by atoms with van der Waals surface area (Å²) in [7, 11) is 1.40. The van der Waals surface area contributed by atoms with Crippen molar-refractivity contribution in [2.45, 2.75) is 32.7 Å². The SMILES string of the molecule is COC(=O)CC[C@@H]1N=C(c2ccccn2)c2cc(C)ccc2-n2c(C)cnc21. The average molecular weight is 374 g/mol. The second kappa shape index (κ2) is 7.38. The molecular weight excluding hydrogens is 352 g/mol. The van der Waals surface area contributed by atoms with Gasteiger partial charge in [0.2, 0.25) is 0 Å². The molecule has 2 aromatic heterocycles. The van der Waals surface area contributed by atoms with Crippen LogP contribution in [-0.2, 0) is 9.53 Å². The van der Waals surface area contributed by atoms with Crippen LogP contribution >= 0.6 is 0 Å². The number of pyridine rings is 1. The van der Waals surface area contributed by atoms with E-state index in [1.165, 1.54) is 7.11 Å². The van der Waals surface area contributed by atoms with Gasteiger partial charge in [0, 0.05) is 30.1 Å². The maximum Gasteiger partial charge on any atom is 0.305 e. The van der Waals surface area contributed by atoms with Crippen LogP contribution in [0.2, 0.25) is 0 Å². The molecule has 6 nitrogen and oxygen atoms in total. The Morgan fingerprint density at radius 3 is 2.79 bits per heavy atom. The van der Waals surface area contributed by atoms with Gasteiger partial charge in [-0.25, -0.2) is 4.98 Å². The predicted molar refractivity (Wildman–Crippen MR) is 107 cm³/mol. The summed E-state index contributed by atoms with van der Waals surface area (Å²) in [5.41, 5.74) is 5.84. The molecule has 0 aliphatic carbocycles. The molecule has 3 heterocycles. The van der Waals surface area contributed by atoms with Gasteiger partial charge in [-0.1, -0.05) is 17.7 Å². The summed E-state index contributed by atoms with van der Waals surface area (Å²) in [6.07, 6.45) is 4.42. The second-order valence-corrected chi connectivity index (χ2v) is 6.94. The van der Waals surface area contributed by atoms with E-state index in [9.17, 15) is 4.79 Å². The number of hydrogen-bond acceptors (Lipinski definition) is 5. The van der Waals surface area contributed by atoms with Crippen molar-refractivity contribution >= 4 is 11.7 Å². The van der Waals surface area contributed by atoms with Gasteiger partial charge in [-0.05, 0) is 44.5 Å². The number of fused-ring (bicyclic) bond motifs is 3. The van der Waals surface area contributed by atoms with Crippen LogP contribution in [-0.4, -0.2) is 33.3 Å². The molecule has 0 unspecified atom stereocenters. The molecule has 0 fully saturated rings. The van der Waals surface area contributed by atoms with Gasteiger partial charge in [0.15, 0.2) is 0 Å². The summed E-state index contributed by atoms with van der Waals surface area (Å²) in [6.45, 7) is 4.10. The van der Waals surface area contributed by atoms with E-state index in [-0.39, 0.29) is 18.4 Å². The quantitative estimate of drug-likeness (QED) is 0.653. The number of imidazole rings is 1. The van der Waals surface area contributed by atoms with E-state index in [1.807, 2.05) is 31.3 Å². The highest BCUT2D eigenvalue weighted by atomic mass is 16.5. The highest BCUT2D eigenvalue weighted by Crippen LogP contribution is 2.33. The molecule has 0 saturated heterocycles. The first kappa shape index (κ1) is 18.1. The lowest BCUT2D eigenvalue weighted by atomic mass is 10.0. The minimum Gasteiger partial charge on any atom is -0.469 e. The molecule has 4 rings (SSSR count). The number of rotatable bonds is 4. The lowest BCUT2D eigenvalue weighted by molar-refractivity contribution is -0.140. The van der Waals surface area contributed by atoms with Crippen LogP contribution in [0.15, 0.2) is 53.8 Å². The van der Waals surface area contributed by atoms with Gasteiger partial charge in [-0.3, -0.25) is 19.3 Å². The van der Waals surface area contributed by atoms with Crippen LogP contribution in [0.3, 0.4) is 0 Å². The van der Waals surface area contributed by atoms with Crippen LogP contribution < -0.4 is 0 Å². The molecule has 142 valence electrons. The standard InChI is InChI=1S/C22H22N4O2/c1-14-7-9-19-16(12-14)21(17-6-4-5-11-23-17)25-18(8-10-20(27)28-3)22-24-13-15(2)26(19)22/h4-7,9,11-13,18H,8,10H2,1-3H3/t18-/m0/s1. The number of aliphatic imine (C=N–C) groups is 1. The van der Waals surface area contributed by atoms with Crippen LogP contribution in [0.5, 0.6) is 0 Å². The number of aryl methyl sites for hydroxylation is 2. The van der Waals surface area contributed by atoms with E-state index in [4.69, 9.17) is 9.73 Å². The summed E-state index contributed by atoms with van der Waals surface area (Å²) < 4.78 is 6.96. The Bertz CT molecular complexity index is 1050. The van der Waals surface area contributed by atoms with Gasteiger partial charge in [0.25, 0.3) is 0 Å². The molecule has 0 radical (unpaired) electrons. The Morgan fingerprint density at radius 2 is 2.04 bits per heavy atom. The molecule has 1 aliphatic rings. The molecule has 0 saturated carbocycles. The molecule has 0 spiro atoms. The van der Waals surface area contributed by atoms with E-state index in [0.717, 1.165) is 39.7 Å². The van der Waals surface area contributed by atoms with Gasteiger partial charge in [0.05, 0.1) is 24.2 Å². The first-order valence-electron chi connectivity index (χ1n) is 9.30. The van der Waals surface area contributed by atoms with Crippen LogP contribution in [0.25, 0.3) is 5.69 Å². The number of hydrogen-bond donors (Lipinski definition) is 0. The van der Waals surface area contributed by atoms with Gasteiger partial charge in [0.1, 0.15) is 11.9 Å². The summed E-state index contributed by atoms with van der Waals surface area (Å²) in [5.74, 6) is 0.583. The molecule has 0 N–H and O–H groups in total. The third kappa shape index (κ3) is 3.22. The smallest absolute Gasteiger partial charge is 0.305 e. The predicted octanol–water partition coefficient (Wildman–Crippen LogP) is 3.73. The van der Waals surface area contributed by atoms with Gasteiger partial charge in [-0.15, -0.1) is 0 Å². The highest BCUT2D eigenvalue weighted by Gasteiger charge is 2.28. The number of nitrogens with zero attached hydrogens (tertiary/aromatic N) is 4. The fraction of sp³-hybridized carbons (Fsp3) is 0.273. The van der Waals surface area contributed by atoms with Crippen LogP contribution in [0.1, 0.15) is 47.2 Å². The van der Waals surface area contributed by atoms with Crippen molar-refractivity contribution in [3.8, 4) is 5.69 Å². The van der Waals surface area contributed by atoms with Crippen molar-refractivity contribution in [2.24, 2.45) is 4.99 Å². The van der Waals surface area contributed by atoms with Crippen molar-refractivity contribution in [3.05, 3.63) is 77.1 Å². The zero-order valence-corrected chi connectivity index (χ0v) is 16.2. The van der Waals surface area contributed by atoms with E-state index in [0.29, 0.717) is 6.42 Å². The molecule has 0 amide bonds. The fourth-order valence-corrected chi connectivity index (χ4v) is 3.58. The Kier molecular flexibility index (Phi) is 4.77. The normalized spacial score (nSPS) is 15.2. The van der Waals surface area contributed by atoms with Crippen LogP contribution in [0.4, 0.5) is 0 Å². The van der Waals surface area contributed by atoms with Crippen molar-refractivity contribution in [1.29, 1.82) is 0 Å². The van der Waals surface area contributed by atoms with Crippen molar-refractivity contribution in [3.63, 3.8) is 0 Å². The van der Waals surface area contributed by atoms with E-state index in [1.54, 1.807) is 6.20 Å². The highest BCUT2D eigenvalue weighted by molar-refractivity contribution is 6.14. The summed E-state index contributed by atoms with van der Waals surface area (Å²) >= 11 is 0. The minimum atomic E-state index is -0.266. The number of carbonyl (C=O) groups is 1. The van der Waals surface area contributed by atoms with E-state index in [2.05, 4.69) is 39.7 Å². The molecule has 3 aromatic rings. The molecule has 1 atom stereocenters. The minimum absolute atomic E-state index is 0.248. The molecule has 0 bridgehead atoms. The van der Waals surface area contributed by atoms with Gasteiger partial charge >= 0.3 is 5.97 Å². The topological polar surface area (TPSA) is 69.4 Å². The van der Waals surface area contributed by atoms with Gasteiger partial charge < -0.3 is 4.74 Å². The first-order chi connectivity index (χ1) is 13.6. The zero-order valence-electron chi connectivity index (χ0n) is 16.2. The summed E-state index contributed by atoms with van der Waals surface area (Å²) in [5, 5.41) is 0. The molecule has 28 heavy (non-hydrogen) atoms. The van der Waals surface area contributed by atoms with E-state index < -0.39 is 0 Å². The fourth-order valence-electron chi connectivity index (χ4n) is 3.58. The number of methoxy groups -OCH3 is 1. The molecule has 6 heteroatoms. The Labute approximate surface area is 163 Å². The van der Waals surface area contributed by atoms with Crippen molar-refractivity contribution in [1.82, 2.24) is 14.5 Å². The zero-order chi connectivity index (χ0) is 19.7. The Hall–Kier alpha value is -3.28. The average Bonchev–Trinajstić information content (AvgIpc) is 3.03. The second-order valence-electron chi connectivity index (χ2n) is 6.94. The largest absolute Gasteiger partial charge is 0.469 e. The number of aromatic nitrogens is 3. The third-order valence-corrected chi connectivity index (χ3v) is 4.95. The third-order valence-electron chi connectivity index (χ3n) is 4.95. The van der Waals surface area contributed by atoms with Crippen LogP contribution in [0, 0.1) is 13.8 Å². The molecule has 1 aromatic carbocycles. The summed E-state index contributed by atoms with van der Waals surface area (Å²) in [4.78, 5) is 26.0. The van der Waals surface area contributed by atoms with Gasteiger partial charge in [-0.2, -0.15) is 0 Å². The monoisotopic (exact) mass is 374 g/mol. The Morgan fingerprint density at radius 1 is 1.18 bits per heavy atom. The maximum absolute atomic E-state index is 11.8. The van der Waals surface area contributed by atoms with E-state index >= 15 is 0 Å².